The van der Waals surface area contributed by atoms with E-state index in [0.717, 1.165) is 9.13 Å². The number of rotatable bonds is 6. The lowest BCUT2D eigenvalue weighted by molar-refractivity contribution is -0.384. The van der Waals surface area contributed by atoms with Crippen LogP contribution in [-0.2, 0) is 0 Å². The average molecular weight is 450 g/mol. The maximum absolute atomic E-state index is 10.9. The zero-order chi connectivity index (χ0) is 18.4. The second-order valence-corrected chi connectivity index (χ2v) is 6.11. The largest absolute Gasteiger partial charge is 0.493 e. The summed E-state index contributed by atoms with van der Waals surface area (Å²) in [6.07, 6.45) is 1.67. The van der Waals surface area contributed by atoms with Crippen molar-refractivity contribution in [3.8, 4) is 17.6 Å². The highest BCUT2D eigenvalue weighted by atomic mass is 127. The van der Waals surface area contributed by atoms with Crippen LogP contribution in [-0.4, -0.2) is 18.6 Å². The molecule has 0 bridgehead atoms. The van der Waals surface area contributed by atoms with Gasteiger partial charge < -0.3 is 9.47 Å². The van der Waals surface area contributed by atoms with E-state index in [1.54, 1.807) is 31.4 Å². The SMILES string of the molecule is CCOc1c(I)cc(/C=C(\C#N)c2cccc([N+](=O)[O-])c2)cc1OC. The number of hydrogen-bond donors (Lipinski definition) is 0. The molecular weight excluding hydrogens is 435 g/mol. The van der Waals surface area contributed by atoms with Gasteiger partial charge >= 0.3 is 0 Å². The number of allylic oxidation sites excluding steroid dienone is 1. The first-order valence-corrected chi connectivity index (χ1v) is 8.45. The van der Waals surface area contributed by atoms with Crippen LogP contribution in [0.4, 0.5) is 5.69 Å². The van der Waals surface area contributed by atoms with Gasteiger partial charge in [-0.25, -0.2) is 0 Å². The molecule has 0 fully saturated rings. The summed E-state index contributed by atoms with van der Waals surface area (Å²) < 4.78 is 11.8. The van der Waals surface area contributed by atoms with Gasteiger partial charge in [0.05, 0.1) is 33.9 Å². The van der Waals surface area contributed by atoms with Crippen LogP contribution in [0.25, 0.3) is 11.6 Å². The van der Waals surface area contributed by atoms with E-state index in [9.17, 15) is 15.4 Å². The van der Waals surface area contributed by atoms with Gasteiger partial charge in [-0.15, -0.1) is 0 Å². The lowest BCUT2D eigenvalue weighted by atomic mass is 10.0. The Labute approximate surface area is 159 Å². The molecular formula is C18H15IN2O4. The summed E-state index contributed by atoms with van der Waals surface area (Å²) in [6.45, 7) is 2.40. The van der Waals surface area contributed by atoms with Crippen LogP contribution in [0.2, 0.25) is 0 Å². The second kappa shape index (κ2) is 8.48. The van der Waals surface area contributed by atoms with Gasteiger partial charge in [0.15, 0.2) is 11.5 Å². The molecule has 0 amide bonds. The van der Waals surface area contributed by atoms with Crippen molar-refractivity contribution in [3.63, 3.8) is 0 Å². The van der Waals surface area contributed by atoms with E-state index in [-0.39, 0.29) is 5.69 Å². The lowest BCUT2D eigenvalue weighted by Gasteiger charge is -2.12. The van der Waals surface area contributed by atoms with Gasteiger partial charge in [0.1, 0.15) is 0 Å². The molecule has 0 saturated carbocycles. The number of methoxy groups -OCH3 is 1. The molecule has 0 aliphatic rings. The summed E-state index contributed by atoms with van der Waals surface area (Å²) in [5.41, 5.74) is 1.50. The van der Waals surface area contributed by atoms with Crippen molar-refractivity contribution < 1.29 is 14.4 Å². The third kappa shape index (κ3) is 4.48. The quantitative estimate of drug-likeness (QED) is 0.210. The number of halogens is 1. The molecule has 0 spiro atoms. The molecule has 2 rings (SSSR count). The Morgan fingerprint density at radius 3 is 2.76 bits per heavy atom. The Kier molecular flexibility index (Phi) is 6.36. The third-order valence-corrected chi connectivity index (χ3v) is 4.14. The summed E-state index contributed by atoms with van der Waals surface area (Å²) in [4.78, 5) is 10.4. The monoisotopic (exact) mass is 450 g/mol. The van der Waals surface area contributed by atoms with Crippen LogP contribution < -0.4 is 9.47 Å². The van der Waals surface area contributed by atoms with Crippen LogP contribution in [0.3, 0.4) is 0 Å². The van der Waals surface area contributed by atoms with Gasteiger partial charge in [0, 0.05) is 12.1 Å². The fourth-order valence-corrected chi connectivity index (χ4v) is 3.02. The van der Waals surface area contributed by atoms with Crippen LogP contribution in [0.5, 0.6) is 11.5 Å². The van der Waals surface area contributed by atoms with Gasteiger partial charge in [-0.2, -0.15) is 5.26 Å². The highest BCUT2D eigenvalue weighted by Gasteiger charge is 2.12. The fraction of sp³-hybridized carbons (Fsp3) is 0.167. The minimum Gasteiger partial charge on any atom is -0.493 e. The number of non-ortho nitro benzene ring substituents is 1. The topological polar surface area (TPSA) is 85.4 Å². The molecule has 0 unspecified atom stereocenters. The predicted octanol–water partition coefficient (Wildman–Crippen LogP) is 4.67. The smallest absolute Gasteiger partial charge is 0.270 e. The molecule has 25 heavy (non-hydrogen) atoms. The van der Waals surface area contributed by atoms with Gasteiger partial charge in [0.25, 0.3) is 5.69 Å². The molecule has 2 aromatic rings. The number of ether oxygens (including phenoxy) is 2. The van der Waals surface area contributed by atoms with Crippen molar-refractivity contribution in [3.05, 3.63) is 61.2 Å². The van der Waals surface area contributed by atoms with E-state index in [2.05, 4.69) is 28.7 Å². The molecule has 0 saturated heterocycles. The first kappa shape index (κ1) is 18.7. The van der Waals surface area contributed by atoms with Gasteiger partial charge in [0.2, 0.25) is 0 Å². The molecule has 0 radical (unpaired) electrons. The Morgan fingerprint density at radius 1 is 1.40 bits per heavy atom. The first-order valence-electron chi connectivity index (χ1n) is 7.37. The normalized spacial score (nSPS) is 10.9. The molecule has 6 nitrogen and oxygen atoms in total. The lowest BCUT2D eigenvalue weighted by Crippen LogP contribution is -1.98. The van der Waals surface area contributed by atoms with E-state index in [0.29, 0.717) is 29.2 Å². The van der Waals surface area contributed by atoms with Gasteiger partial charge in [-0.05, 0) is 58.9 Å². The van der Waals surface area contributed by atoms with Gasteiger partial charge in [-0.1, -0.05) is 12.1 Å². The molecule has 7 heteroatoms. The van der Waals surface area contributed by atoms with E-state index in [1.165, 1.54) is 12.1 Å². The highest BCUT2D eigenvalue weighted by molar-refractivity contribution is 14.1. The highest BCUT2D eigenvalue weighted by Crippen LogP contribution is 2.35. The van der Waals surface area contributed by atoms with E-state index in [1.807, 2.05) is 13.0 Å². The van der Waals surface area contributed by atoms with Crippen molar-refractivity contribution in [2.24, 2.45) is 0 Å². The molecule has 0 N–H and O–H groups in total. The number of benzene rings is 2. The first-order chi connectivity index (χ1) is 12.0. The Morgan fingerprint density at radius 2 is 2.16 bits per heavy atom. The molecule has 0 heterocycles. The summed E-state index contributed by atoms with van der Waals surface area (Å²) in [5.74, 6) is 1.22. The Hall–Kier alpha value is -2.60. The average Bonchev–Trinajstić information content (AvgIpc) is 2.61. The van der Waals surface area contributed by atoms with E-state index in [4.69, 9.17) is 9.47 Å². The number of nitrogens with zero attached hydrogens (tertiary/aromatic N) is 2. The summed E-state index contributed by atoms with van der Waals surface area (Å²) in [6, 6.07) is 11.7. The zero-order valence-corrected chi connectivity index (χ0v) is 15.8. The van der Waals surface area contributed by atoms with E-state index < -0.39 is 4.92 Å². The Balaban J connectivity index is 2.50. The summed E-state index contributed by atoms with van der Waals surface area (Å²) >= 11 is 2.14. The summed E-state index contributed by atoms with van der Waals surface area (Å²) in [5, 5.41) is 20.4. The molecule has 0 aliphatic heterocycles. The van der Waals surface area contributed by atoms with E-state index >= 15 is 0 Å². The van der Waals surface area contributed by atoms with Crippen molar-refractivity contribution in [2.75, 3.05) is 13.7 Å². The molecule has 128 valence electrons. The van der Waals surface area contributed by atoms with Gasteiger partial charge in [-0.3, -0.25) is 10.1 Å². The van der Waals surface area contributed by atoms with Crippen LogP contribution in [0, 0.1) is 25.0 Å². The number of nitriles is 1. The standard InChI is InChI=1S/C18H15IN2O4/c1-3-25-18-16(19)8-12(9-17(18)24-2)7-14(11-20)13-5-4-6-15(10-13)21(22)23/h4-10H,3H2,1-2H3/b14-7+. The minimum absolute atomic E-state index is 0.0579. The number of nitro groups is 1. The molecule has 0 atom stereocenters. The van der Waals surface area contributed by atoms with Crippen LogP contribution in [0.1, 0.15) is 18.1 Å². The van der Waals surface area contributed by atoms with Crippen molar-refractivity contribution in [1.29, 1.82) is 5.26 Å². The third-order valence-electron chi connectivity index (χ3n) is 3.34. The number of hydrogen-bond acceptors (Lipinski definition) is 5. The van der Waals surface area contributed by atoms with Crippen molar-refractivity contribution >= 4 is 39.9 Å². The molecule has 0 aromatic heterocycles. The number of nitro benzene ring substituents is 1. The fourth-order valence-electron chi connectivity index (χ4n) is 2.24. The maximum atomic E-state index is 10.9. The molecule has 0 aliphatic carbocycles. The second-order valence-electron chi connectivity index (χ2n) is 4.94. The van der Waals surface area contributed by atoms with Crippen molar-refractivity contribution in [2.45, 2.75) is 6.92 Å². The van der Waals surface area contributed by atoms with Crippen LogP contribution >= 0.6 is 22.6 Å². The maximum Gasteiger partial charge on any atom is 0.270 e. The van der Waals surface area contributed by atoms with Crippen LogP contribution in [0.15, 0.2) is 36.4 Å². The predicted molar refractivity (Wildman–Crippen MR) is 103 cm³/mol. The Bertz CT molecular complexity index is 872. The summed E-state index contributed by atoms with van der Waals surface area (Å²) in [7, 11) is 1.55. The zero-order valence-electron chi connectivity index (χ0n) is 13.7. The molecule has 2 aromatic carbocycles. The minimum atomic E-state index is -0.485. The van der Waals surface area contributed by atoms with Crippen molar-refractivity contribution in [1.82, 2.24) is 0 Å².